The fourth-order valence-corrected chi connectivity index (χ4v) is 2.39. The minimum atomic E-state index is -1.45. The van der Waals surface area contributed by atoms with E-state index in [0.29, 0.717) is 13.1 Å². The second-order valence-corrected chi connectivity index (χ2v) is 4.78. The van der Waals surface area contributed by atoms with Crippen LogP contribution in [0, 0.1) is 24.4 Å². The van der Waals surface area contributed by atoms with E-state index in [4.69, 9.17) is 0 Å². The number of aromatic nitrogens is 2. The first-order valence-electron chi connectivity index (χ1n) is 6.90. The third kappa shape index (κ3) is 2.95. The zero-order valence-corrected chi connectivity index (χ0v) is 12.3. The quantitative estimate of drug-likeness (QED) is 0.858. The van der Waals surface area contributed by atoms with Crippen LogP contribution in [0.2, 0.25) is 0 Å². The molecule has 0 bridgehead atoms. The number of benzene rings is 1. The van der Waals surface area contributed by atoms with Crippen molar-refractivity contribution in [3.63, 3.8) is 0 Å². The predicted octanol–water partition coefficient (Wildman–Crippen LogP) is 3.33. The Morgan fingerprint density at radius 1 is 1.19 bits per heavy atom. The first-order valence-corrected chi connectivity index (χ1v) is 6.90. The van der Waals surface area contributed by atoms with Crippen molar-refractivity contribution in [2.75, 3.05) is 6.54 Å². The monoisotopic (exact) mass is 297 g/mol. The van der Waals surface area contributed by atoms with Crippen molar-refractivity contribution in [1.29, 1.82) is 0 Å². The SMILES string of the molecule is CCNC(c1ccc(F)c(F)c1F)c1cc(C)nn1CC. The summed E-state index contributed by atoms with van der Waals surface area (Å²) in [6.07, 6.45) is 0. The summed E-state index contributed by atoms with van der Waals surface area (Å²) in [5.74, 6) is -3.80. The van der Waals surface area contributed by atoms with E-state index in [1.54, 1.807) is 4.68 Å². The van der Waals surface area contributed by atoms with Gasteiger partial charge in [-0.15, -0.1) is 0 Å². The second kappa shape index (κ2) is 6.30. The normalized spacial score (nSPS) is 12.7. The lowest BCUT2D eigenvalue weighted by molar-refractivity contribution is 0.429. The fraction of sp³-hybridized carbons (Fsp3) is 0.400. The first-order chi connectivity index (χ1) is 9.99. The molecule has 1 atom stereocenters. The minimum Gasteiger partial charge on any atom is -0.305 e. The maximum atomic E-state index is 14.1. The molecule has 3 nitrogen and oxygen atoms in total. The van der Waals surface area contributed by atoms with Crippen molar-refractivity contribution in [3.05, 3.63) is 52.6 Å². The molecule has 0 saturated carbocycles. The Kier molecular flexibility index (Phi) is 4.67. The van der Waals surface area contributed by atoms with Crippen molar-refractivity contribution in [3.8, 4) is 0 Å². The average Bonchev–Trinajstić information content (AvgIpc) is 2.84. The average molecular weight is 297 g/mol. The molecule has 0 aliphatic carbocycles. The number of hydrogen-bond acceptors (Lipinski definition) is 2. The Morgan fingerprint density at radius 2 is 1.90 bits per heavy atom. The van der Waals surface area contributed by atoms with Gasteiger partial charge in [0.1, 0.15) is 0 Å². The van der Waals surface area contributed by atoms with Crippen LogP contribution in [0.5, 0.6) is 0 Å². The highest BCUT2D eigenvalue weighted by molar-refractivity contribution is 5.31. The molecule has 21 heavy (non-hydrogen) atoms. The second-order valence-electron chi connectivity index (χ2n) is 4.78. The summed E-state index contributed by atoms with van der Waals surface area (Å²) in [5, 5.41) is 7.41. The summed E-state index contributed by atoms with van der Waals surface area (Å²) in [7, 11) is 0. The maximum Gasteiger partial charge on any atom is 0.194 e. The van der Waals surface area contributed by atoms with Crippen LogP contribution >= 0.6 is 0 Å². The maximum absolute atomic E-state index is 14.1. The van der Waals surface area contributed by atoms with Crippen LogP contribution < -0.4 is 5.32 Å². The van der Waals surface area contributed by atoms with E-state index in [1.165, 1.54) is 6.07 Å². The summed E-state index contributed by atoms with van der Waals surface area (Å²) in [6.45, 7) is 6.78. The molecule has 1 aromatic heterocycles. The predicted molar refractivity (Wildman–Crippen MR) is 74.5 cm³/mol. The van der Waals surface area contributed by atoms with Crippen molar-refractivity contribution in [1.82, 2.24) is 15.1 Å². The van der Waals surface area contributed by atoms with Crippen molar-refractivity contribution in [2.24, 2.45) is 0 Å². The molecule has 0 fully saturated rings. The van der Waals surface area contributed by atoms with Crippen LogP contribution in [-0.2, 0) is 6.54 Å². The number of nitrogens with one attached hydrogen (secondary N) is 1. The van der Waals surface area contributed by atoms with Gasteiger partial charge in [0, 0.05) is 12.1 Å². The Balaban J connectivity index is 2.56. The van der Waals surface area contributed by atoms with Crippen molar-refractivity contribution >= 4 is 0 Å². The number of nitrogens with zero attached hydrogens (tertiary/aromatic N) is 2. The van der Waals surface area contributed by atoms with Gasteiger partial charge in [0.2, 0.25) is 0 Å². The number of rotatable bonds is 5. The number of aryl methyl sites for hydroxylation is 2. The van der Waals surface area contributed by atoms with Gasteiger partial charge < -0.3 is 5.32 Å². The molecule has 6 heteroatoms. The Morgan fingerprint density at radius 3 is 2.52 bits per heavy atom. The van der Waals surface area contributed by atoms with Gasteiger partial charge >= 0.3 is 0 Å². The topological polar surface area (TPSA) is 29.9 Å². The molecule has 114 valence electrons. The molecule has 1 heterocycles. The molecule has 0 aliphatic heterocycles. The highest BCUT2D eigenvalue weighted by Crippen LogP contribution is 2.27. The summed E-state index contributed by atoms with van der Waals surface area (Å²) >= 11 is 0. The lowest BCUT2D eigenvalue weighted by Crippen LogP contribution is -2.26. The van der Waals surface area contributed by atoms with Gasteiger partial charge in [0.15, 0.2) is 17.5 Å². The molecule has 0 saturated heterocycles. The summed E-state index contributed by atoms with van der Waals surface area (Å²) < 4.78 is 42.4. The molecule has 2 rings (SSSR count). The Bertz CT molecular complexity index is 637. The zero-order chi connectivity index (χ0) is 15.6. The smallest absolute Gasteiger partial charge is 0.194 e. The lowest BCUT2D eigenvalue weighted by atomic mass is 10.0. The first kappa shape index (κ1) is 15.6. The van der Waals surface area contributed by atoms with E-state index in [1.807, 2.05) is 26.8 Å². The van der Waals surface area contributed by atoms with Crippen LogP contribution in [0.3, 0.4) is 0 Å². The van der Waals surface area contributed by atoms with Gasteiger partial charge in [-0.1, -0.05) is 13.0 Å². The van der Waals surface area contributed by atoms with Gasteiger partial charge in [0.25, 0.3) is 0 Å². The van der Waals surface area contributed by atoms with Crippen molar-refractivity contribution < 1.29 is 13.2 Å². The lowest BCUT2D eigenvalue weighted by Gasteiger charge is -2.20. The highest BCUT2D eigenvalue weighted by Gasteiger charge is 2.24. The van der Waals surface area contributed by atoms with E-state index in [9.17, 15) is 13.2 Å². The minimum absolute atomic E-state index is 0.0744. The molecule has 1 N–H and O–H groups in total. The molecular formula is C15H18F3N3. The third-order valence-electron chi connectivity index (χ3n) is 3.31. The van der Waals surface area contributed by atoms with E-state index in [0.717, 1.165) is 17.5 Å². The number of hydrogen-bond donors (Lipinski definition) is 1. The highest BCUT2D eigenvalue weighted by atomic mass is 19.2. The van der Waals surface area contributed by atoms with Crippen LogP contribution in [0.25, 0.3) is 0 Å². The van der Waals surface area contributed by atoms with Crippen LogP contribution in [0.15, 0.2) is 18.2 Å². The van der Waals surface area contributed by atoms with Crippen LogP contribution in [0.1, 0.15) is 36.8 Å². The van der Waals surface area contributed by atoms with E-state index >= 15 is 0 Å². The molecular weight excluding hydrogens is 279 g/mol. The Labute approximate surface area is 121 Å². The molecule has 0 spiro atoms. The van der Waals surface area contributed by atoms with Gasteiger partial charge in [-0.2, -0.15) is 5.10 Å². The van der Waals surface area contributed by atoms with Gasteiger partial charge in [-0.25, -0.2) is 13.2 Å². The molecule has 1 unspecified atom stereocenters. The fourth-order valence-electron chi connectivity index (χ4n) is 2.39. The number of halogens is 3. The molecule has 0 aliphatic rings. The van der Waals surface area contributed by atoms with E-state index in [2.05, 4.69) is 10.4 Å². The summed E-state index contributed by atoms with van der Waals surface area (Å²) in [4.78, 5) is 0. The largest absolute Gasteiger partial charge is 0.305 e. The van der Waals surface area contributed by atoms with Gasteiger partial charge in [-0.05, 0) is 32.5 Å². The summed E-state index contributed by atoms with van der Waals surface area (Å²) in [5.41, 5.74) is 1.59. The zero-order valence-electron chi connectivity index (χ0n) is 12.3. The molecule has 0 amide bonds. The standard InChI is InChI=1S/C15H18F3N3/c1-4-19-15(12-8-9(3)20-21(12)5-2)10-6-7-11(16)14(18)13(10)17/h6-8,15,19H,4-5H2,1-3H3. The third-order valence-corrected chi connectivity index (χ3v) is 3.31. The van der Waals surface area contributed by atoms with Crippen LogP contribution in [-0.4, -0.2) is 16.3 Å². The molecule has 1 aromatic carbocycles. The Hall–Kier alpha value is -1.82. The molecule has 0 radical (unpaired) electrons. The van der Waals surface area contributed by atoms with E-state index < -0.39 is 23.5 Å². The summed E-state index contributed by atoms with van der Waals surface area (Å²) in [6, 6.07) is 3.45. The van der Waals surface area contributed by atoms with E-state index in [-0.39, 0.29) is 5.56 Å². The molecule has 2 aromatic rings. The van der Waals surface area contributed by atoms with Gasteiger partial charge in [-0.3, -0.25) is 4.68 Å². The van der Waals surface area contributed by atoms with Gasteiger partial charge in [0.05, 0.1) is 17.4 Å². The van der Waals surface area contributed by atoms with Crippen LogP contribution in [0.4, 0.5) is 13.2 Å². The van der Waals surface area contributed by atoms with Crippen molar-refractivity contribution in [2.45, 2.75) is 33.4 Å².